The summed E-state index contributed by atoms with van der Waals surface area (Å²) < 4.78 is 16.2. The lowest BCUT2D eigenvalue weighted by Gasteiger charge is -2.15. The molecule has 0 aliphatic heterocycles. The molecule has 0 N–H and O–H groups in total. The fourth-order valence-corrected chi connectivity index (χ4v) is 2.97. The Labute approximate surface area is 145 Å². The van der Waals surface area contributed by atoms with Crippen molar-refractivity contribution in [2.45, 2.75) is 19.8 Å². The van der Waals surface area contributed by atoms with E-state index in [2.05, 4.69) is 28.8 Å². The van der Waals surface area contributed by atoms with E-state index in [1.54, 1.807) is 24.7 Å². The van der Waals surface area contributed by atoms with E-state index < -0.39 is 0 Å². The number of nitrogens with zero attached hydrogens (tertiary/aromatic N) is 4. The highest BCUT2D eigenvalue weighted by Gasteiger charge is 2.16. The maximum absolute atomic E-state index is 14.1. The molecule has 0 aromatic carbocycles. The summed E-state index contributed by atoms with van der Waals surface area (Å²) in [5, 5.41) is 1.06. The molecule has 4 aromatic rings. The summed E-state index contributed by atoms with van der Waals surface area (Å²) >= 11 is 0. The van der Waals surface area contributed by atoms with E-state index in [0.717, 1.165) is 22.3 Å². The first-order valence-electron chi connectivity index (χ1n) is 8.18. The molecule has 0 unspecified atom stereocenters. The average Bonchev–Trinajstić information content (AvgIpc) is 3.05. The lowest BCUT2D eigenvalue weighted by atomic mass is 10.0. The standard InChI is InChI=1S/C20H17FN4/c1-13(2)15-12-24-17(19-16(21)6-4-8-22-19)11-18(15)25-10-7-14-5-3-9-23-20(14)25/h3-13H,1-2H3. The van der Waals surface area contributed by atoms with E-state index in [1.807, 2.05) is 35.0 Å². The summed E-state index contributed by atoms with van der Waals surface area (Å²) in [6, 6.07) is 10.8. The molecule has 0 amide bonds. The van der Waals surface area contributed by atoms with Gasteiger partial charge in [0.1, 0.15) is 11.3 Å². The molecule has 0 aliphatic carbocycles. The molecule has 0 aliphatic rings. The van der Waals surface area contributed by atoms with Gasteiger partial charge in [-0.3, -0.25) is 9.97 Å². The van der Waals surface area contributed by atoms with Crippen molar-refractivity contribution in [2.24, 2.45) is 0 Å². The molecule has 124 valence electrons. The van der Waals surface area contributed by atoms with E-state index in [-0.39, 0.29) is 17.4 Å². The lowest BCUT2D eigenvalue weighted by Crippen LogP contribution is -2.04. The van der Waals surface area contributed by atoms with E-state index in [4.69, 9.17) is 0 Å². The van der Waals surface area contributed by atoms with Gasteiger partial charge in [-0.15, -0.1) is 0 Å². The van der Waals surface area contributed by atoms with Crippen LogP contribution in [0.1, 0.15) is 25.3 Å². The Hall–Kier alpha value is -3.08. The molecule has 5 heteroatoms. The number of aromatic nitrogens is 4. The van der Waals surface area contributed by atoms with Gasteiger partial charge in [-0.25, -0.2) is 9.37 Å². The van der Waals surface area contributed by atoms with Crippen LogP contribution in [-0.2, 0) is 0 Å². The second-order valence-electron chi connectivity index (χ2n) is 6.22. The van der Waals surface area contributed by atoms with Gasteiger partial charge in [0.15, 0.2) is 5.82 Å². The first-order valence-corrected chi connectivity index (χ1v) is 8.18. The van der Waals surface area contributed by atoms with Gasteiger partial charge >= 0.3 is 0 Å². The molecular weight excluding hydrogens is 315 g/mol. The van der Waals surface area contributed by atoms with Crippen molar-refractivity contribution >= 4 is 11.0 Å². The molecule has 0 saturated carbocycles. The predicted octanol–water partition coefficient (Wildman–Crippen LogP) is 4.75. The molecule has 0 fully saturated rings. The van der Waals surface area contributed by atoms with E-state index in [9.17, 15) is 4.39 Å². The van der Waals surface area contributed by atoms with E-state index in [0.29, 0.717) is 5.69 Å². The maximum Gasteiger partial charge on any atom is 0.151 e. The Bertz CT molecular complexity index is 1050. The second-order valence-corrected chi connectivity index (χ2v) is 6.22. The summed E-state index contributed by atoms with van der Waals surface area (Å²) in [7, 11) is 0. The van der Waals surface area contributed by atoms with Crippen molar-refractivity contribution in [3.63, 3.8) is 0 Å². The van der Waals surface area contributed by atoms with Gasteiger partial charge in [0.25, 0.3) is 0 Å². The molecular formula is C20H17FN4. The number of fused-ring (bicyclic) bond motifs is 1. The van der Waals surface area contributed by atoms with Gasteiger partial charge < -0.3 is 4.57 Å². The third kappa shape index (κ3) is 2.67. The summed E-state index contributed by atoms with van der Waals surface area (Å²) in [4.78, 5) is 13.1. The van der Waals surface area contributed by atoms with Crippen LogP contribution in [0.5, 0.6) is 0 Å². The Kier molecular flexibility index (Phi) is 3.76. The minimum atomic E-state index is -0.381. The van der Waals surface area contributed by atoms with E-state index >= 15 is 0 Å². The minimum Gasteiger partial charge on any atom is -0.301 e. The summed E-state index contributed by atoms with van der Waals surface area (Å²) in [6.45, 7) is 4.22. The van der Waals surface area contributed by atoms with Gasteiger partial charge in [0.2, 0.25) is 0 Å². The zero-order chi connectivity index (χ0) is 17.4. The van der Waals surface area contributed by atoms with Crippen molar-refractivity contribution in [3.05, 3.63) is 72.6 Å². The number of rotatable bonds is 3. The summed E-state index contributed by atoms with van der Waals surface area (Å²) in [6.07, 6.45) is 7.13. The van der Waals surface area contributed by atoms with E-state index in [1.165, 1.54) is 6.07 Å². The van der Waals surface area contributed by atoms with Crippen LogP contribution in [0.15, 0.2) is 61.2 Å². The topological polar surface area (TPSA) is 43.6 Å². The Balaban J connectivity index is 1.97. The molecule has 0 atom stereocenters. The molecule has 0 bridgehead atoms. The first-order chi connectivity index (χ1) is 12.1. The van der Waals surface area contributed by atoms with Crippen LogP contribution < -0.4 is 0 Å². The second kappa shape index (κ2) is 6.09. The highest BCUT2D eigenvalue weighted by molar-refractivity contribution is 5.78. The lowest BCUT2D eigenvalue weighted by molar-refractivity contribution is 0.625. The molecule has 25 heavy (non-hydrogen) atoms. The van der Waals surface area contributed by atoms with Gasteiger partial charge in [-0.1, -0.05) is 13.8 Å². The van der Waals surface area contributed by atoms with Gasteiger partial charge in [0, 0.05) is 30.2 Å². The highest BCUT2D eigenvalue weighted by Crippen LogP contribution is 2.29. The van der Waals surface area contributed by atoms with Crippen LogP contribution in [0.25, 0.3) is 28.1 Å². The number of hydrogen-bond donors (Lipinski definition) is 0. The molecule has 4 nitrogen and oxygen atoms in total. The van der Waals surface area contributed by atoms with Crippen LogP contribution in [0.3, 0.4) is 0 Å². The first kappa shape index (κ1) is 15.4. The molecule has 4 heterocycles. The van der Waals surface area contributed by atoms with Crippen molar-refractivity contribution in [1.82, 2.24) is 19.5 Å². The minimum absolute atomic E-state index is 0.253. The molecule has 4 rings (SSSR count). The fraction of sp³-hybridized carbons (Fsp3) is 0.150. The van der Waals surface area contributed by atoms with Crippen LogP contribution in [0.2, 0.25) is 0 Å². The Morgan fingerprint density at radius 1 is 1.00 bits per heavy atom. The SMILES string of the molecule is CC(C)c1cnc(-c2ncccc2F)cc1-n1ccc2cccnc21. The molecule has 0 saturated heterocycles. The normalized spacial score (nSPS) is 11.4. The van der Waals surface area contributed by atoms with Crippen molar-refractivity contribution in [1.29, 1.82) is 0 Å². The average molecular weight is 332 g/mol. The quantitative estimate of drug-likeness (QED) is 0.544. The zero-order valence-electron chi connectivity index (χ0n) is 14.0. The largest absolute Gasteiger partial charge is 0.301 e. The Morgan fingerprint density at radius 2 is 1.80 bits per heavy atom. The summed E-state index contributed by atoms with van der Waals surface area (Å²) in [5.41, 5.74) is 3.64. The number of pyridine rings is 3. The van der Waals surface area contributed by atoms with Gasteiger partial charge in [-0.05, 0) is 47.9 Å². The monoisotopic (exact) mass is 332 g/mol. The maximum atomic E-state index is 14.1. The molecule has 0 radical (unpaired) electrons. The third-order valence-corrected chi connectivity index (χ3v) is 4.24. The van der Waals surface area contributed by atoms with Crippen LogP contribution in [0, 0.1) is 5.82 Å². The highest BCUT2D eigenvalue weighted by atomic mass is 19.1. The summed E-state index contributed by atoms with van der Waals surface area (Å²) in [5.74, 6) is -0.111. The van der Waals surface area contributed by atoms with Crippen molar-refractivity contribution in [3.8, 4) is 17.1 Å². The molecule has 0 spiro atoms. The van der Waals surface area contributed by atoms with Gasteiger partial charge in [-0.2, -0.15) is 0 Å². The Morgan fingerprint density at radius 3 is 2.60 bits per heavy atom. The van der Waals surface area contributed by atoms with Crippen molar-refractivity contribution < 1.29 is 4.39 Å². The zero-order valence-corrected chi connectivity index (χ0v) is 14.0. The fourth-order valence-electron chi connectivity index (χ4n) is 2.97. The van der Waals surface area contributed by atoms with Crippen molar-refractivity contribution in [2.75, 3.05) is 0 Å². The molecule has 4 aromatic heterocycles. The smallest absolute Gasteiger partial charge is 0.151 e. The number of hydrogen-bond acceptors (Lipinski definition) is 3. The third-order valence-electron chi connectivity index (χ3n) is 4.24. The van der Waals surface area contributed by atoms with Gasteiger partial charge in [0.05, 0.1) is 11.4 Å². The van der Waals surface area contributed by atoms with Crippen LogP contribution in [-0.4, -0.2) is 19.5 Å². The predicted molar refractivity (Wildman–Crippen MR) is 96.1 cm³/mol. The van der Waals surface area contributed by atoms with Crippen LogP contribution in [0.4, 0.5) is 4.39 Å². The van der Waals surface area contributed by atoms with Crippen LogP contribution >= 0.6 is 0 Å². The number of halogens is 1.